The van der Waals surface area contributed by atoms with Crippen LogP contribution in [0.15, 0.2) is 42.5 Å². The first-order chi connectivity index (χ1) is 11.5. The van der Waals surface area contributed by atoms with E-state index in [0.717, 1.165) is 5.56 Å². The van der Waals surface area contributed by atoms with Gasteiger partial charge in [0.25, 0.3) is 11.8 Å². The van der Waals surface area contributed by atoms with Crippen molar-refractivity contribution in [3.05, 3.63) is 64.2 Å². The van der Waals surface area contributed by atoms with E-state index in [1.165, 1.54) is 6.07 Å². The summed E-state index contributed by atoms with van der Waals surface area (Å²) in [5, 5.41) is 5.91. The first kappa shape index (κ1) is 18.0. The number of benzene rings is 2. The van der Waals surface area contributed by atoms with Crippen LogP contribution in [-0.4, -0.2) is 32.1 Å². The molecule has 0 radical (unpaired) electrons. The fourth-order valence-electron chi connectivity index (χ4n) is 2.19. The van der Waals surface area contributed by atoms with Crippen LogP contribution in [0.3, 0.4) is 0 Å². The van der Waals surface area contributed by atoms with Crippen molar-refractivity contribution in [2.75, 3.05) is 25.6 Å². The second kappa shape index (κ2) is 8.47. The molecule has 126 valence electrons. The van der Waals surface area contributed by atoms with Gasteiger partial charge in [-0.15, -0.1) is 0 Å². The number of rotatable bonds is 6. The summed E-state index contributed by atoms with van der Waals surface area (Å²) in [5.74, 6) is -0.601. The lowest BCUT2D eigenvalue weighted by Crippen LogP contribution is -2.28. The Bertz CT molecular complexity index is 747. The maximum Gasteiger partial charge on any atom is 0.255 e. The number of aryl methyl sites for hydroxylation is 1. The molecule has 2 aromatic rings. The third-order valence-electron chi connectivity index (χ3n) is 3.46. The summed E-state index contributed by atoms with van der Waals surface area (Å²) in [5.41, 5.74) is 2.12. The van der Waals surface area contributed by atoms with Crippen molar-refractivity contribution < 1.29 is 14.3 Å². The number of anilines is 1. The number of carbonyl (C=O) groups is 2. The second-order valence-corrected chi connectivity index (χ2v) is 5.64. The zero-order valence-corrected chi connectivity index (χ0v) is 14.3. The number of amides is 2. The summed E-state index contributed by atoms with van der Waals surface area (Å²) in [4.78, 5) is 24.8. The lowest BCUT2D eigenvalue weighted by atomic mass is 10.1. The average molecular weight is 347 g/mol. The highest BCUT2D eigenvalue weighted by molar-refractivity contribution is 6.31. The van der Waals surface area contributed by atoms with E-state index >= 15 is 0 Å². The van der Waals surface area contributed by atoms with Gasteiger partial charge in [-0.2, -0.15) is 0 Å². The lowest BCUT2D eigenvalue weighted by Gasteiger charge is -2.13. The highest BCUT2D eigenvalue weighted by atomic mass is 35.5. The molecule has 0 saturated carbocycles. The maximum atomic E-state index is 12.5. The normalized spacial score (nSPS) is 10.3. The van der Waals surface area contributed by atoms with Gasteiger partial charge < -0.3 is 15.4 Å². The predicted octanol–water partition coefficient (Wildman–Crippen LogP) is 3.28. The lowest BCUT2D eigenvalue weighted by molar-refractivity contribution is 0.0938. The topological polar surface area (TPSA) is 67.4 Å². The fourth-order valence-corrected chi connectivity index (χ4v) is 2.36. The summed E-state index contributed by atoms with van der Waals surface area (Å²) in [6.45, 7) is 2.62. The molecule has 0 aliphatic carbocycles. The molecule has 2 aromatic carbocycles. The number of hydrogen-bond donors (Lipinski definition) is 2. The van der Waals surface area contributed by atoms with Crippen molar-refractivity contribution in [1.29, 1.82) is 0 Å². The summed E-state index contributed by atoms with van der Waals surface area (Å²) in [7, 11) is 1.55. The highest BCUT2D eigenvalue weighted by Gasteiger charge is 2.15. The van der Waals surface area contributed by atoms with Gasteiger partial charge in [0, 0.05) is 24.2 Å². The monoisotopic (exact) mass is 346 g/mol. The van der Waals surface area contributed by atoms with Crippen LogP contribution in [0.4, 0.5) is 5.69 Å². The molecule has 0 aliphatic heterocycles. The number of methoxy groups -OCH3 is 1. The molecule has 6 heteroatoms. The van der Waals surface area contributed by atoms with Crippen LogP contribution in [0.25, 0.3) is 0 Å². The molecule has 0 heterocycles. The molecule has 2 N–H and O–H groups in total. The van der Waals surface area contributed by atoms with Crippen LogP contribution < -0.4 is 10.6 Å². The number of halogens is 1. The molecule has 0 fully saturated rings. The van der Waals surface area contributed by atoms with Crippen LogP contribution in [-0.2, 0) is 4.74 Å². The smallest absolute Gasteiger partial charge is 0.255 e. The molecule has 0 aromatic heterocycles. The number of nitrogens with one attached hydrogen (secondary N) is 2. The Morgan fingerprint density at radius 2 is 1.83 bits per heavy atom. The summed E-state index contributed by atoms with van der Waals surface area (Å²) in [6, 6.07) is 12.0. The van der Waals surface area contributed by atoms with Crippen molar-refractivity contribution >= 4 is 29.1 Å². The Labute approximate surface area is 146 Å². The molecule has 0 atom stereocenters. The minimum absolute atomic E-state index is 0.277. The van der Waals surface area contributed by atoms with E-state index in [1.54, 1.807) is 31.4 Å². The van der Waals surface area contributed by atoms with Crippen molar-refractivity contribution in [1.82, 2.24) is 5.32 Å². The molecule has 0 unspecified atom stereocenters. The molecule has 24 heavy (non-hydrogen) atoms. The summed E-state index contributed by atoms with van der Waals surface area (Å²) < 4.78 is 4.91. The van der Waals surface area contributed by atoms with E-state index in [4.69, 9.17) is 16.3 Å². The van der Waals surface area contributed by atoms with E-state index in [2.05, 4.69) is 10.6 Å². The Morgan fingerprint density at radius 1 is 1.08 bits per heavy atom. The molecular weight excluding hydrogens is 328 g/mol. The number of hydrogen-bond acceptors (Lipinski definition) is 3. The Hall–Kier alpha value is -2.37. The van der Waals surface area contributed by atoms with Gasteiger partial charge in [-0.3, -0.25) is 9.59 Å². The third-order valence-corrected chi connectivity index (χ3v) is 3.69. The summed E-state index contributed by atoms with van der Waals surface area (Å²) in [6.07, 6.45) is 0. The first-order valence-corrected chi connectivity index (χ1v) is 7.84. The Morgan fingerprint density at radius 3 is 2.54 bits per heavy atom. The molecule has 5 nitrogen and oxygen atoms in total. The van der Waals surface area contributed by atoms with Crippen molar-refractivity contribution in [3.8, 4) is 0 Å². The van der Waals surface area contributed by atoms with Crippen LogP contribution in [0.2, 0.25) is 5.02 Å². The average Bonchev–Trinajstić information content (AvgIpc) is 2.57. The molecule has 2 rings (SSSR count). The quantitative estimate of drug-likeness (QED) is 0.789. The zero-order chi connectivity index (χ0) is 17.5. The maximum absolute atomic E-state index is 12.5. The Balaban J connectivity index is 2.22. The molecule has 0 spiro atoms. The fraction of sp³-hybridized carbons (Fsp3) is 0.222. The standard InChI is InChI=1S/C18H19ClN2O3/c1-12-5-3-4-6-14(12)18(23)21-16-8-7-13(19)11-15(16)17(22)20-9-10-24-2/h3-8,11H,9-10H2,1-2H3,(H,20,22)(H,21,23). The van der Waals surface area contributed by atoms with Crippen molar-refractivity contribution in [2.45, 2.75) is 6.92 Å². The Kier molecular flexibility index (Phi) is 6.35. The van der Waals surface area contributed by atoms with Gasteiger partial charge in [0.1, 0.15) is 0 Å². The van der Waals surface area contributed by atoms with E-state index in [1.807, 2.05) is 19.1 Å². The third kappa shape index (κ3) is 4.57. The van der Waals surface area contributed by atoms with Gasteiger partial charge in [0.15, 0.2) is 0 Å². The van der Waals surface area contributed by atoms with E-state index in [0.29, 0.717) is 35.0 Å². The number of ether oxygens (including phenoxy) is 1. The second-order valence-electron chi connectivity index (χ2n) is 5.21. The van der Waals surface area contributed by atoms with Gasteiger partial charge in [0.05, 0.1) is 17.9 Å². The largest absolute Gasteiger partial charge is 0.383 e. The molecular formula is C18H19ClN2O3. The molecule has 2 amide bonds. The van der Waals surface area contributed by atoms with Crippen LogP contribution in [0.1, 0.15) is 26.3 Å². The van der Waals surface area contributed by atoms with E-state index in [9.17, 15) is 9.59 Å². The van der Waals surface area contributed by atoms with Crippen LogP contribution >= 0.6 is 11.6 Å². The van der Waals surface area contributed by atoms with Crippen molar-refractivity contribution in [2.24, 2.45) is 0 Å². The number of carbonyl (C=O) groups excluding carboxylic acids is 2. The first-order valence-electron chi connectivity index (χ1n) is 7.46. The van der Waals surface area contributed by atoms with Gasteiger partial charge in [-0.25, -0.2) is 0 Å². The van der Waals surface area contributed by atoms with E-state index < -0.39 is 0 Å². The van der Waals surface area contributed by atoms with Crippen molar-refractivity contribution in [3.63, 3.8) is 0 Å². The predicted molar refractivity (Wildman–Crippen MR) is 94.8 cm³/mol. The molecule has 0 bridgehead atoms. The van der Waals surface area contributed by atoms with Crippen LogP contribution in [0, 0.1) is 6.92 Å². The minimum atomic E-state index is -0.324. The van der Waals surface area contributed by atoms with Gasteiger partial charge >= 0.3 is 0 Å². The SMILES string of the molecule is COCCNC(=O)c1cc(Cl)ccc1NC(=O)c1ccccc1C. The zero-order valence-electron chi connectivity index (χ0n) is 13.6. The van der Waals surface area contributed by atoms with Gasteiger partial charge in [-0.05, 0) is 36.8 Å². The summed E-state index contributed by atoms with van der Waals surface area (Å²) >= 11 is 5.98. The van der Waals surface area contributed by atoms with Gasteiger partial charge in [-0.1, -0.05) is 29.8 Å². The minimum Gasteiger partial charge on any atom is -0.383 e. The van der Waals surface area contributed by atoms with Crippen LogP contribution in [0.5, 0.6) is 0 Å². The van der Waals surface area contributed by atoms with E-state index in [-0.39, 0.29) is 11.8 Å². The molecule has 0 saturated heterocycles. The van der Waals surface area contributed by atoms with Gasteiger partial charge in [0.2, 0.25) is 0 Å². The molecule has 0 aliphatic rings. The highest BCUT2D eigenvalue weighted by Crippen LogP contribution is 2.22.